The number of nitrogens with zero attached hydrogens (tertiary/aromatic N) is 2. The van der Waals surface area contributed by atoms with Gasteiger partial charge in [-0.25, -0.2) is 4.98 Å². The number of rotatable bonds is 7. The number of hydrogen-bond acceptors (Lipinski definition) is 4. The van der Waals surface area contributed by atoms with Gasteiger partial charge in [-0.2, -0.15) is 0 Å². The number of aromatic nitrogens is 2. The first kappa shape index (κ1) is 14.3. The van der Waals surface area contributed by atoms with E-state index in [9.17, 15) is 4.79 Å². The van der Waals surface area contributed by atoms with Gasteiger partial charge in [0, 0.05) is 43.3 Å². The molecule has 2 N–H and O–H groups in total. The zero-order valence-electron chi connectivity index (χ0n) is 12.1. The SMILES string of the molecule is Cn1ccnc1C(NCCNC(=O)C1CC1)c1cccs1. The van der Waals surface area contributed by atoms with Crippen LogP contribution in [0.4, 0.5) is 0 Å². The molecular weight excluding hydrogens is 284 g/mol. The highest BCUT2D eigenvalue weighted by Crippen LogP contribution is 2.28. The molecule has 2 heterocycles. The fourth-order valence-electron chi connectivity index (χ4n) is 2.32. The molecule has 112 valence electrons. The van der Waals surface area contributed by atoms with Gasteiger partial charge in [0.1, 0.15) is 11.9 Å². The van der Waals surface area contributed by atoms with Crippen molar-refractivity contribution in [3.8, 4) is 0 Å². The largest absolute Gasteiger partial charge is 0.355 e. The van der Waals surface area contributed by atoms with Crippen LogP contribution in [-0.4, -0.2) is 28.5 Å². The molecule has 1 saturated carbocycles. The molecule has 2 aromatic rings. The molecule has 0 saturated heterocycles. The second kappa shape index (κ2) is 6.41. The summed E-state index contributed by atoms with van der Waals surface area (Å²) in [5.74, 6) is 1.46. The highest BCUT2D eigenvalue weighted by molar-refractivity contribution is 7.10. The summed E-state index contributed by atoms with van der Waals surface area (Å²) in [6.45, 7) is 1.38. The Labute approximate surface area is 128 Å². The summed E-state index contributed by atoms with van der Waals surface area (Å²) in [7, 11) is 2.00. The summed E-state index contributed by atoms with van der Waals surface area (Å²) in [6.07, 6.45) is 5.85. The van der Waals surface area contributed by atoms with Gasteiger partial charge in [-0.05, 0) is 24.3 Å². The fraction of sp³-hybridized carbons (Fsp3) is 0.467. The molecule has 0 bridgehead atoms. The van der Waals surface area contributed by atoms with E-state index in [1.165, 1.54) is 4.88 Å². The number of amides is 1. The molecule has 6 heteroatoms. The number of carbonyl (C=O) groups excluding carboxylic acids is 1. The predicted molar refractivity (Wildman–Crippen MR) is 83.1 cm³/mol. The van der Waals surface area contributed by atoms with Crippen LogP contribution in [0.2, 0.25) is 0 Å². The lowest BCUT2D eigenvalue weighted by Crippen LogP contribution is -2.35. The van der Waals surface area contributed by atoms with Crippen LogP contribution in [0.3, 0.4) is 0 Å². The van der Waals surface area contributed by atoms with E-state index < -0.39 is 0 Å². The van der Waals surface area contributed by atoms with Gasteiger partial charge in [0.25, 0.3) is 0 Å². The lowest BCUT2D eigenvalue weighted by Gasteiger charge is -2.17. The van der Waals surface area contributed by atoms with Crippen molar-refractivity contribution in [1.82, 2.24) is 20.2 Å². The van der Waals surface area contributed by atoms with E-state index in [2.05, 4.69) is 27.1 Å². The molecule has 1 aliphatic rings. The Balaban J connectivity index is 1.58. The van der Waals surface area contributed by atoms with Gasteiger partial charge >= 0.3 is 0 Å². The van der Waals surface area contributed by atoms with E-state index in [0.29, 0.717) is 6.54 Å². The van der Waals surface area contributed by atoms with Crippen molar-refractivity contribution in [2.45, 2.75) is 18.9 Å². The molecule has 1 amide bonds. The Morgan fingerprint density at radius 3 is 3.00 bits per heavy atom. The van der Waals surface area contributed by atoms with Crippen LogP contribution in [-0.2, 0) is 11.8 Å². The predicted octanol–water partition coefficient (Wildman–Crippen LogP) is 1.69. The third-order valence-electron chi connectivity index (χ3n) is 3.67. The van der Waals surface area contributed by atoms with Gasteiger partial charge in [0.2, 0.25) is 5.91 Å². The lowest BCUT2D eigenvalue weighted by atomic mass is 10.2. The Morgan fingerprint density at radius 1 is 1.52 bits per heavy atom. The van der Waals surface area contributed by atoms with Crippen LogP contribution >= 0.6 is 11.3 Å². The van der Waals surface area contributed by atoms with E-state index in [0.717, 1.165) is 25.2 Å². The maximum Gasteiger partial charge on any atom is 0.223 e. The average Bonchev–Trinajstić information content (AvgIpc) is 3.03. The zero-order chi connectivity index (χ0) is 14.7. The number of aryl methyl sites for hydroxylation is 1. The Hall–Kier alpha value is -1.66. The zero-order valence-corrected chi connectivity index (χ0v) is 12.9. The van der Waals surface area contributed by atoms with Gasteiger partial charge in [0.05, 0.1) is 0 Å². The second-order valence-corrected chi connectivity index (χ2v) is 6.34. The monoisotopic (exact) mass is 304 g/mol. The molecule has 1 fully saturated rings. The average molecular weight is 304 g/mol. The van der Waals surface area contributed by atoms with Crippen LogP contribution in [0.5, 0.6) is 0 Å². The molecule has 3 rings (SSSR count). The molecular formula is C15H20N4OS. The van der Waals surface area contributed by atoms with E-state index >= 15 is 0 Å². The quantitative estimate of drug-likeness (QED) is 0.765. The lowest BCUT2D eigenvalue weighted by molar-refractivity contribution is -0.122. The molecule has 0 aliphatic heterocycles. The van der Waals surface area contributed by atoms with Gasteiger partial charge in [-0.1, -0.05) is 6.07 Å². The summed E-state index contributed by atoms with van der Waals surface area (Å²) < 4.78 is 2.03. The topological polar surface area (TPSA) is 59.0 Å². The van der Waals surface area contributed by atoms with Crippen molar-refractivity contribution in [1.29, 1.82) is 0 Å². The number of carbonyl (C=O) groups is 1. The molecule has 5 nitrogen and oxygen atoms in total. The van der Waals surface area contributed by atoms with Gasteiger partial charge in [-0.3, -0.25) is 4.79 Å². The molecule has 0 radical (unpaired) electrons. The van der Waals surface area contributed by atoms with Crippen LogP contribution in [0.1, 0.15) is 29.6 Å². The fourth-order valence-corrected chi connectivity index (χ4v) is 3.12. The van der Waals surface area contributed by atoms with Crippen molar-refractivity contribution in [2.75, 3.05) is 13.1 Å². The minimum Gasteiger partial charge on any atom is -0.355 e. The second-order valence-electron chi connectivity index (χ2n) is 5.36. The first-order valence-corrected chi connectivity index (χ1v) is 8.15. The van der Waals surface area contributed by atoms with Gasteiger partial charge in [0.15, 0.2) is 0 Å². The molecule has 1 unspecified atom stereocenters. The third-order valence-corrected chi connectivity index (χ3v) is 4.60. The van der Waals surface area contributed by atoms with Crippen molar-refractivity contribution < 1.29 is 4.79 Å². The van der Waals surface area contributed by atoms with E-state index in [4.69, 9.17) is 0 Å². The Kier molecular flexibility index (Phi) is 4.36. The van der Waals surface area contributed by atoms with E-state index in [1.807, 2.05) is 30.1 Å². The highest BCUT2D eigenvalue weighted by atomic mass is 32.1. The van der Waals surface area contributed by atoms with Crippen molar-refractivity contribution in [2.24, 2.45) is 13.0 Å². The molecule has 2 aromatic heterocycles. The number of thiophene rings is 1. The maximum atomic E-state index is 11.6. The number of hydrogen-bond donors (Lipinski definition) is 2. The molecule has 1 atom stereocenters. The third kappa shape index (κ3) is 3.51. The standard InChI is InChI=1S/C15H20N4OS/c1-19-9-8-17-14(19)13(12-3-2-10-21-12)16-6-7-18-15(20)11-4-5-11/h2-3,8-11,13,16H,4-7H2,1H3,(H,18,20). The number of nitrogens with one attached hydrogen (secondary N) is 2. The summed E-state index contributed by atoms with van der Waals surface area (Å²) >= 11 is 1.71. The first-order valence-electron chi connectivity index (χ1n) is 7.27. The molecule has 1 aliphatic carbocycles. The van der Waals surface area contributed by atoms with E-state index in [1.54, 1.807) is 11.3 Å². The first-order chi connectivity index (χ1) is 10.3. The van der Waals surface area contributed by atoms with Crippen LogP contribution in [0, 0.1) is 5.92 Å². The molecule has 21 heavy (non-hydrogen) atoms. The van der Waals surface area contributed by atoms with Gasteiger partial charge < -0.3 is 15.2 Å². The molecule has 0 spiro atoms. The summed E-state index contributed by atoms with van der Waals surface area (Å²) in [4.78, 5) is 17.3. The van der Waals surface area contributed by atoms with Gasteiger partial charge in [-0.15, -0.1) is 11.3 Å². The number of imidazole rings is 1. The van der Waals surface area contributed by atoms with Crippen LogP contribution in [0.25, 0.3) is 0 Å². The highest BCUT2D eigenvalue weighted by Gasteiger charge is 2.29. The minimum atomic E-state index is 0.0721. The minimum absolute atomic E-state index is 0.0721. The van der Waals surface area contributed by atoms with Crippen molar-refractivity contribution in [3.63, 3.8) is 0 Å². The Bertz CT molecular complexity index is 589. The maximum absolute atomic E-state index is 11.6. The normalized spacial score (nSPS) is 15.9. The Morgan fingerprint density at radius 2 is 2.38 bits per heavy atom. The van der Waals surface area contributed by atoms with Crippen LogP contribution < -0.4 is 10.6 Å². The smallest absolute Gasteiger partial charge is 0.223 e. The van der Waals surface area contributed by atoms with Crippen molar-refractivity contribution in [3.05, 3.63) is 40.6 Å². The molecule has 0 aromatic carbocycles. The summed E-state index contributed by atoms with van der Waals surface area (Å²) in [6, 6.07) is 4.23. The summed E-state index contributed by atoms with van der Waals surface area (Å²) in [5, 5.41) is 8.54. The van der Waals surface area contributed by atoms with E-state index in [-0.39, 0.29) is 17.9 Å². The van der Waals surface area contributed by atoms with Crippen molar-refractivity contribution >= 4 is 17.2 Å². The summed E-state index contributed by atoms with van der Waals surface area (Å²) in [5.41, 5.74) is 0. The van der Waals surface area contributed by atoms with Crippen LogP contribution in [0.15, 0.2) is 29.9 Å².